The molecule has 27 heavy (non-hydrogen) atoms. The SMILES string of the molecule is COc1cc(S(F)(F)(F)(F)F)c(OC)cc1CCNCc1ccccc1O. The third-order valence-electron chi connectivity index (χ3n) is 3.86. The van der Waals surface area contributed by atoms with Gasteiger partial charge < -0.3 is 19.9 Å². The van der Waals surface area contributed by atoms with Crippen molar-refractivity contribution in [2.45, 2.75) is 17.9 Å². The molecule has 0 aliphatic heterocycles. The summed E-state index contributed by atoms with van der Waals surface area (Å²) in [5.41, 5.74) is 0.933. The van der Waals surface area contributed by atoms with E-state index in [1.54, 1.807) is 18.2 Å². The van der Waals surface area contributed by atoms with Crippen LogP contribution in [0.25, 0.3) is 0 Å². The number of hydrogen-bond donors (Lipinski definition) is 2. The van der Waals surface area contributed by atoms with Crippen molar-refractivity contribution in [3.63, 3.8) is 0 Å². The van der Waals surface area contributed by atoms with Crippen LogP contribution in [0.15, 0.2) is 41.3 Å². The Morgan fingerprint density at radius 3 is 2.11 bits per heavy atom. The number of phenols is 1. The fraction of sp³-hybridized carbons (Fsp3) is 0.294. The number of methoxy groups -OCH3 is 2. The lowest BCUT2D eigenvalue weighted by Crippen LogP contribution is -2.17. The molecule has 0 saturated heterocycles. The lowest BCUT2D eigenvalue weighted by atomic mass is 10.1. The normalized spacial score (nSPS) is 14.3. The van der Waals surface area contributed by atoms with E-state index in [9.17, 15) is 24.5 Å². The van der Waals surface area contributed by atoms with Gasteiger partial charge in [-0.1, -0.05) is 37.6 Å². The molecule has 0 atom stereocenters. The second-order valence-corrected chi connectivity index (χ2v) is 8.22. The first kappa shape index (κ1) is 21.1. The van der Waals surface area contributed by atoms with Crippen molar-refractivity contribution in [3.05, 3.63) is 47.5 Å². The number of benzene rings is 2. The molecule has 0 amide bonds. The summed E-state index contributed by atoms with van der Waals surface area (Å²) in [6, 6.07) is 7.87. The van der Waals surface area contributed by atoms with Crippen LogP contribution in [0.2, 0.25) is 0 Å². The molecule has 0 saturated carbocycles. The summed E-state index contributed by atoms with van der Waals surface area (Å²) in [5.74, 6) is -1.14. The smallest absolute Gasteiger partial charge is 0.313 e. The van der Waals surface area contributed by atoms with E-state index in [1.807, 2.05) is 0 Å². The molecule has 2 N–H and O–H groups in total. The largest absolute Gasteiger partial charge is 0.508 e. The molecule has 0 bridgehead atoms. The number of ether oxygens (including phenoxy) is 2. The minimum Gasteiger partial charge on any atom is -0.508 e. The predicted octanol–water partition coefficient (Wildman–Crippen LogP) is 5.40. The second kappa shape index (κ2) is 6.75. The molecule has 0 spiro atoms. The Balaban J connectivity index is 2.19. The maximum absolute atomic E-state index is 13.2. The molecule has 2 aromatic carbocycles. The Morgan fingerprint density at radius 1 is 0.926 bits per heavy atom. The first-order valence-electron chi connectivity index (χ1n) is 7.82. The van der Waals surface area contributed by atoms with Crippen LogP contribution in [0.4, 0.5) is 19.4 Å². The minimum atomic E-state index is -9.92. The topological polar surface area (TPSA) is 50.7 Å². The third kappa shape index (κ3) is 5.39. The van der Waals surface area contributed by atoms with E-state index < -0.39 is 20.9 Å². The van der Waals surface area contributed by atoms with Crippen LogP contribution in [-0.4, -0.2) is 25.9 Å². The summed E-state index contributed by atoms with van der Waals surface area (Å²) in [4.78, 5) is -2.11. The van der Waals surface area contributed by atoms with E-state index in [4.69, 9.17) is 4.74 Å². The maximum Gasteiger partial charge on any atom is 0.313 e. The van der Waals surface area contributed by atoms with Gasteiger partial charge in [0.2, 0.25) is 0 Å². The number of nitrogens with one attached hydrogen (secondary N) is 1. The van der Waals surface area contributed by atoms with E-state index in [2.05, 4.69) is 10.1 Å². The molecule has 152 valence electrons. The maximum atomic E-state index is 13.2. The molecule has 0 aliphatic carbocycles. The molecule has 0 radical (unpaired) electrons. The zero-order chi connectivity index (χ0) is 20.4. The Morgan fingerprint density at radius 2 is 1.56 bits per heavy atom. The van der Waals surface area contributed by atoms with Crippen LogP contribution in [0.3, 0.4) is 0 Å². The van der Waals surface area contributed by atoms with Gasteiger partial charge in [0.1, 0.15) is 17.2 Å². The summed E-state index contributed by atoms with van der Waals surface area (Å²) < 4.78 is 75.4. The van der Waals surface area contributed by atoms with Crippen molar-refractivity contribution < 1.29 is 34.0 Å². The number of para-hydroxylation sites is 1. The van der Waals surface area contributed by atoms with Gasteiger partial charge >= 0.3 is 10.2 Å². The van der Waals surface area contributed by atoms with Crippen LogP contribution >= 0.6 is 10.2 Å². The zero-order valence-electron chi connectivity index (χ0n) is 14.6. The van der Waals surface area contributed by atoms with Gasteiger partial charge in [-0.25, -0.2) is 0 Å². The van der Waals surface area contributed by atoms with Crippen molar-refractivity contribution in [1.29, 1.82) is 0 Å². The van der Waals surface area contributed by atoms with Crippen LogP contribution in [0.1, 0.15) is 11.1 Å². The molecule has 2 aromatic rings. The van der Waals surface area contributed by atoms with Gasteiger partial charge in [-0.15, -0.1) is 0 Å². The minimum absolute atomic E-state index is 0.115. The highest BCUT2D eigenvalue weighted by Crippen LogP contribution is 3.03. The lowest BCUT2D eigenvalue weighted by molar-refractivity contribution is 0.340. The predicted molar refractivity (Wildman–Crippen MR) is 94.5 cm³/mol. The van der Waals surface area contributed by atoms with Gasteiger partial charge in [-0.2, -0.15) is 0 Å². The molecule has 2 rings (SSSR count). The molecule has 0 unspecified atom stereocenters. The second-order valence-electron chi connectivity index (χ2n) is 5.84. The van der Waals surface area contributed by atoms with Gasteiger partial charge in [-0.3, -0.25) is 0 Å². The molecular formula is C17H20F5NO3S. The molecule has 0 fully saturated rings. The summed E-state index contributed by atoms with van der Waals surface area (Å²) >= 11 is 0. The van der Waals surface area contributed by atoms with Gasteiger partial charge in [0.15, 0.2) is 4.90 Å². The van der Waals surface area contributed by atoms with Crippen LogP contribution in [-0.2, 0) is 13.0 Å². The summed E-state index contributed by atoms with van der Waals surface area (Å²) in [5, 5.41) is 12.7. The van der Waals surface area contributed by atoms with Crippen molar-refractivity contribution in [3.8, 4) is 17.2 Å². The fourth-order valence-corrected chi connectivity index (χ4v) is 3.39. The van der Waals surface area contributed by atoms with Crippen LogP contribution in [0.5, 0.6) is 17.2 Å². The Hall–Kier alpha value is -2.20. The van der Waals surface area contributed by atoms with Crippen molar-refractivity contribution >= 4 is 10.2 Å². The highest BCUT2D eigenvalue weighted by atomic mass is 32.5. The van der Waals surface area contributed by atoms with E-state index in [0.717, 1.165) is 20.3 Å². The van der Waals surface area contributed by atoms with E-state index >= 15 is 0 Å². The quantitative estimate of drug-likeness (QED) is 0.450. The number of aromatic hydroxyl groups is 1. The first-order valence-corrected chi connectivity index (χ1v) is 9.77. The Labute approximate surface area is 153 Å². The summed E-state index contributed by atoms with van der Waals surface area (Å²) in [7, 11) is -7.92. The van der Waals surface area contributed by atoms with Crippen molar-refractivity contribution in [1.82, 2.24) is 5.32 Å². The third-order valence-corrected chi connectivity index (χ3v) is 5.01. The highest BCUT2D eigenvalue weighted by molar-refractivity contribution is 8.45. The van der Waals surface area contributed by atoms with Crippen molar-refractivity contribution in [2.24, 2.45) is 0 Å². The molecule has 0 aromatic heterocycles. The van der Waals surface area contributed by atoms with Gasteiger partial charge in [0, 0.05) is 18.2 Å². The number of rotatable bonds is 8. The van der Waals surface area contributed by atoms with Crippen LogP contribution < -0.4 is 14.8 Å². The molecule has 0 heterocycles. The molecular weight excluding hydrogens is 393 g/mol. The summed E-state index contributed by atoms with van der Waals surface area (Å²) in [6.45, 7) is 0.638. The molecule has 0 aliphatic rings. The highest BCUT2D eigenvalue weighted by Gasteiger charge is 2.67. The first-order chi connectivity index (χ1) is 12.4. The van der Waals surface area contributed by atoms with E-state index in [1.165, 1.54) is 6.07 Å². The van der Waals surface area contributed by atoms with Crippen molar-refractivity contribution in [2.75, 3.05) is 20.8 Å². The lowest BCUT2D eigenvalue weighted by Gasteiger charge is -2.41. The summed E-state index contributed by atoms with van der Waals surface area (Å²) in [6.07, 6.45) is 0.202. The standard InChI is InChI=1S/C17H20F5NO3S/c1-25-15-10-17(27(18,19,20,21)22)16(26-2)9-12(15)7-8-23-11-13-5-3-4-6-14(13)24/h3-6,9-10,23-24H,7-8,11H2,1-2H3. The Kier molecular flexibility index (Phi) is 5.28. The number of halogens is 5. The average Bonchev–Trinajstić information content (AvgIpc) is 2.57. The Bertz CT molecular complexity index is 828. The van der Waals surface area contributed by atoms with E-state index in [-0.39, 0.29) is 29.5 Å². The number of phenolic OH excluding ortho intramolecular Hbond substituents is 1. The van der Waals surface area contributed by atoms with Gasteiger partial charge in [0.25, 0.3) is 0 Å². The zero-order valence-corrected chi connectivity index (χ0v) is 15.5. The fourth-order valence-electron chi connectivity index (χ4n) is 2.54. The van der Waals surface area contributed by atoms with Gasteiger partial charge in [0.05, 0.1) is 14.2 Å². The average molecular weight is 413 g/mol. The van der Waals surface area contributed by atoms with Gasteiger partial charge in [-0.05, 0) is 30.7 Å². The molecule has 10 heteroatoms. The molecule has 4 nitrogen and oxygen atoms in total. The van der Waals surface area contributed by atoms with Crippen LogP contribution in [0, 0.1) is 0 Å². The van der Waals surface area contributed by atoms with E-state index in [0.29, 0.717) is 18.7 Å². The number of hydrogen-bond acceptors (Lipinski definition) is 4. The monoisotopic (exact) mass is 413 g/mol.